The lowest BCUT2D eigenvalue weighted by molar-refractivity contribution is -0.131. The van der Waals surface area contributed by atoms with Crippen molar-refractivity contribution < 1.29 is 19.7 Å². The first-order valence-corrected chi connectivity index (χ1v) is 11.3. The summed E-state index contributed by atoms with van der Waals surface area (Å²) in [5.41, 5.74) is 2.07. The van der Waals surface area contributed by atoms with Gasteiger partial charge in [0.15, 0.2) is 0 Å². The van der Waals surface area contributed by atoms with Crippen molar-refractivity contribution in [3.05, 3.63) is 65.8 Å². The van der Waals surface area contributed by atoms with Crippen molar-refractivity contribution in [3.63, 3.8) is 0 Å². The summed E-state index contributed by atoms with van der Waals surface area (Å²) in [5, 5.41) is 24.4. The number of ether oxygens (including phenoxy) is 1. The predicted octanol–water partition coefficient (Wildman–Crippen LogP) is 3.56. The molecule has 7 nitrogen and oxygen atoms in total. The molecular weight excluding hydrogens is 418 g/mol. The zero-order valence-corrected chi connectivity index (χ0v) is 19.3. The van der Waals surface area contributed by atoms with Crippen LogP contribution in [0.15, 0.2) is 54.6 Å². The highest BCUT2D eigenvalue weighted by atomic mass is 16.5. The zero-order chi connectivity index (χ0) is 23.6. The molecule has 1 atom stereocenters. The summed E-state index contributed by atoms with van der Waals surface area (Å²) < 4.78 is 5.28. The first-order valence-electron chi connectivity index (χ1n) is 11.3. The van der Waals surface area contributed by atoms with Crippen molar-refractivity contribution in [1.29, 1.82) is 0 Å². The Morgan fingerprint density at radius 1 is 1.27 bits per heavy atom. The molecule has 1 fully saturated rings. The van der Waals surface area contributed by atoms with Gasteiger partial charge in [0.25, 0.3) is 0 Å². The predicted molar refractivity (Wildman–Crippen MR) is 131 cm³/mol. The molecule has 0 aliphatic carbocycles. The number of carboxylic acids is 1. The van der Waals surface area contributed by atoms with Gasteiger partial charge in [-0.05, 0) is 50.6 Å². The molecule has 0 amide bonds. The van der Waals surface area contributed by atoms with E-state index >= 15 is 0 Å². The molecule has 2 aromatic rings. The number of hydrogen-bond acceptors (Lipinski definition) is 6. The van der Waals surface area contributed by atoms with Crippen molar-refractivity contribution in [2.45, 2.75) is 31.9 Å². The molecule has 3 rings (SSSR count). The van der Waals surface area contributed by atoms with E-state index in [1.807, 2.05) is 37.3 Å². The highest BCUT2D eigenvalue weighted by Gasteiger charge is 2.22. The minimum absolute atomic E-state index is 0.450. The van der Waals surface area contributed by atoms with Gasteiger partial charge in [0.1, 0.15) is 0 Å². The summed E-state index contributed by atoms with van der Waals surface area (Å²) in [5.74, 6) is -0.564. The number of likely N-dealkylation sites (tertiary alicyclic amines) is 1. The highest BCUT2D eigenvalue weighted by Crippen LogP contribution is 2.29. The lowest BCUT2D eigenvalue weighted by atomic mass is 9.98. The fraction of sp³-hybridized carbons (Fsp3) is 0.385. The number of allylic oxidation sites excluding steroid dienone is 3. The smallest absolute Gasteiger partial charge is 0.328 e. The van der Waals surface area contributed by atoms with Crippen LogP contribution < -0.4 is 10.1 Å². The molecular formula is C26H33N3O4. The van der Waals surface area contributed by atoms with Crippen molar-refractivity contribution in [2.75, 3.05) is 33.3 Å². The lowest BCUT2D eigenvalue weighted by Crippen LogP contribution is -2.43. The summed E-state index contributed by atoms with van der Waals surface area (Å²) in [6.07, 6.45) is 12.2. The molecule has 1 aliphatic rings. The average molecular weight is 452 g/mol. The van der Waals surface area contributed by atoms with E-state index in [4.69, 9.17) is 9.84 Å². The quantitative estimate of drug-likeness (QED) is 0.376. The number of aliphatic hydroxyl groups excluding tert-OH is 1. The van der Waals surface area contributed by atoms with Gasteiger partial charge in [-0.3, -0.25) is 0 Å². The number of carboxylic acid groups (broad SMARTS) is 1. The van der Waals surface area contributed by atoms with Gasteiger partial charge in [-0.25, -0.2) is 9.78 Å². The molecule has 0 radical (unpaired) electrons. The normalized spacial score (nSPS) is 16.9. The van der Waals surface area contributed by atoms with E-state index in [1.165, 1.54) is 0 Å². The Hall–Kier alpha value is -3.00. The van der Waals surface area contributed by atoms with Gasteiger partial charge in [0, 0.05) is 42.2 Å². The topological polar surface area (TPSA) is 94.9 Å². The Balaban J connectivity index is 1.68. The van der Waals surface area contributed by atoms with E-state index in [0.717, 1.165) is 49.5 Å². The SMILES string of the molecule is C/C=C/C=C/CNC1CCN(CC(O)c2ccc(/C=C/C(=O)O)c3ccc(OC)nc23)CC1. The minimum atomic E-state index is -1.01. The van der Waals surface area contributed by atoms with Crippen LogP contribution in [0.4, 0.5) is 0 Å². The molecule has 3 N–H and O–H groups in total. The van der Waals surface area contributed by atoms with Crippen LogP contribution in [0.1, 0.15) is 37.0 Å². The number of carbonyl (C=O) groups is 1. The van der Waals surface area contributed by atoms with E-state index in [9.17, 15) is 9.90 Å². The number of aliphatic carboxylic acids is 1. The standard InChI is InChI=1S/C26H33N3O4/c1-3-4-5-6-15-27-20-13-16-29(17-14-20)18-23(30)22-9-7-19(8-12-25(31)32)21-10-11-24(33-2)28-26(21)22/h3-12,20,23,27,30H,13-18H2,1-2H3,(H,31,32)/b4-3+,6-5+,12-8+. The monoisotopic (exact) mass is 451 g/mol. The van der Waals surface area contributed by atoms with E-state index in [0.29, 0.717) is 29.5 Å². The zero-order valence-electron chi connectivity index (χ0n) is 19.3. The van der Waals surface area contributed by atoms with Gasteiger partial charge in [-0.1, -0.05) is 36.4 Å². The maximum atomic E-state index is 11.1. The molecule has 1 saturated heterocycles. The number of benzene rings is 1. The molecule has 1 aromatic carbocycles. The second kappa shape index (κ2) is 12.3. The number of methoxy groups -OCH3 is 1. The van der Waals surface area contributed by atoms with Gasteiger partial charge in [0.2, 0.25) is 5.88 Å². The van der Waals surface area contributed by atoms with Gasteiger partial charge in [0.05, 0.1) is 18.7 Å². The Morgan fingerprint density at radius 3 is 2.76 bits per heavy atom. The molecule has 1 unspecified atom stereocenters. The fourth-order valence-electron chi connectivity index (χ4n) is 4.09. The number of fused-ring (bicyclic) bond motifs is 1. The van der Waals surface area contributed by atoms with Gasteiger partial charge in [-0.2, -0.15) is 0 Å². The van der Waals surface area contributed by atoms with Crippen LogP contribution in [0.3, 0.4) is 0 Å². The van der Waals surface area contributed by atoms with E-state index in [2.05, 4.69) is 27.4 Å². The van der Waals surface area contributed by atoms with Crippen LogP contribution in [0.25, 0.3) is 17.0 Å². The molecule has 0 saturated carbocycles. The van der Waals surface area contributed by atoms with Crippen molar-refractivity contribution >= 4 is 22.9 Å². The second-order valence-corrected chi connectivity index (χ2v) is 8.12. The number of nitrogens with one attached hydrogen (secondary N) is 1. The third-order valence-corrected chi connectivity index (χ3v) is 5.85. The van der Waals surface area contributed by atoms with Crippen LogP contribution >= 0.6 is 0 Å². The number of aromatic nitrogens is 1. The number of pyridine rings is 1. The number of hydrogen-bond donors (Lipinski definition) is 3. The van der Waals surface area contributed by atoms with Crippen LogP contribution in [0.5, 0.6) is 5.88 Å². The maximum absolute atomic E-state index is 11.1. The van der Waals surface area contributed by atoms with Crippen molar-refractivity contribution in [3.8, 4) is 5.88 Å². The van der Waals surface area contributed by atoms with E-state index in [-0.39, 0.29) is 0 Å². The summed E-state index contributed by atoms with van der Waals surface area (Å²) >= 11 is 0. The van der Waals surface area contributed by atoms with Crippen LogP contribution in [0, 0.1) is 0 Å². The van der Waals surface area contributed by atoms with Crippen LogP contribution in [-0.4, -0.2) is 65.4 Å². The first-order chi connectivity index (χ1) is 16.0. The molecule has 1 aliphatic heterocycles. The lowest BCUT2D eigenvalue weighted by Gasteiger charge is -2.33. The molecule has 0 spiro atoms. The second-order valence-electron chi connectivity index (χ2n) is 8.12. The molecule has 176 valence electrons. The van der Waals surface area contributed by atoms with Crippen molar-refractivity contribution in [2.24, 2.45) is 0 Å². The summed E-state index contributed by atoms with van der Waals surface area (Å²) in [6, 6.07) is 7.72. The molecule has 33 heavy (non-hydrogen) atoms. The highest BCUT2D eigenvalue weighted by molar-refractivity contribution is 5.94. The van der Waals surface area contributed by atoms with E-state index in [1.54, 1.807) is 19.3 Å². The number of piperidine rings is 1. The molecule has 0 bridgehead atoms. The third kappa shape index (κ3) is 6.99. The number of rotatable bonds is 10. The first kappa shape index (κ1) is 24.6. The maximum Gasteiger partial charge on any atom is 0.328 e. The van der Waals surface area contributed by atoms with Gasteiger partial charge in [-0.15, -0.1) is 0 Å². The minimum Gasteiger partial charge on any atom is -0.481 e. The van der Waals surface area contributed by atoms with Crippen molar-refractivity contribution in [1.82, 2.24) is 15.2 Å². The Labute approximate surface area is 195 Å². The third-order valence-electron chi connectivity index (χ3n) is 5.85. The number of nitrogens with zero attached hydrogens (tertiary/aromatic N) is 2. The molecule has 1 aromatic heterocycles. The van der Waals surface area contributed by atoms with Gasteiger partial charge < -0.3 is 25.2 Å². The van der Waals surface area contributed by atoms with Crippen LogP contribution in [-0.2, 0) is 4.79 Å². The summed E-state index contributed by atoms with van der Waals surface area (Å²) in [7, 11) is 1.55. The van der Waals surface area contributed by atoms with E-state index < -0.39 is 12.1 Å². The average Bonchev–Trinajstić information content (AvgIpc) is 2.82. The number of β-amino-alcohol motifs (C(OH)–C–C–N with tert-alkyl or cyclic N) is 1. The van der Waals surface area contributed by atoms with Gasteiger partial charge >= 0.3 is 5.97 Å². The van der Waals surface area contributed by atoms with Crippen LogP contribution in [0.2, 0.25) is 0 Å². The molecule has 2 heterocycles. The summed E-state index contributed by atoms with van der Waals surface area (Å²) in [6.45, 7) is 5.22. The fourth-order valence-corrected chi connectivity index (χ4v) is 4.09. The Morgan fingerprint density at radius 2 is 2.06 bits per heavy atom. The largest absolute Gasteiger partial charge is 0.481 e. The summed E-state index contributed by atoms with van der Waals surface area (Å²) in [4.78, 5) is 17.8. The Bertz CT molecular complexity index is 1020. The molecule has 7 heteroatoms. The number of aliphatic hydroxyl groups is 1. The Kier molecular flexibility index (Phi) is 9.18.